The summed E-state index contributed by atoms with van der Waals surface area (Å²) in [5.41, 5.74) is 1.07. The van der Waals surface area contributed by atoms with E-state index in [9.17, 15) is 32.7 Å². The van der Waals surface area contributed by atoms with E-state index in [1.165, 1.54) is 4.90 Å². The molecule has 10 nitrogen and oxygen atoms in total. The van der Waals surface area contributed by atoms with Gasteiger partial charge in [0.15, 0.2) is 5.82 Å². The molecule has 6 atom stereocenters. The van der Waals surface area contributed by atoms with Crippen molar-refractivity contribution >= 4 is 74.3 Å². The Balaban J connectivity index is 1.29. The van der Waals surface area contributed by atoms with Crippen molar-refractivity contribution in [3.63, 3.8) is 0 Å². The molecule has 2 aromatic heterocycles. The van der Waals surface area contributed by atoms with Gasteiger partial charge in [-0.1, -0.05) is 62.9 Å². The van der Waals surface area contributed by atoms with Crippen molar-refractivity contribution in [1.82, 2.24) is 9.99 Å². The molecule has 16 heteroatoms. The number of benzene rings is 2. The summed E-state index contributed by atoms with van der Waals surface area (Å²) >= 11 is 15.9. The number of aromatic nitrogens is 1. The molecule has 0 bridgehead atoms. The molecule has 8 rings (SSSR count). The number of nitrogens with zero attached hydrogens (tertiary/aromatic N) is 3. The van der Waals surface area contributed by atoms with Crippen LogP contribution in [0.25, 0.3) is 0 Å². The number of hydrogen-bond donors (Lipinski definition) is 2. The van der Waals surface area contributed by atoms with Crippen LogP contribution in [0.5, 0.6) is 0 Å². The first-order valence-electron chi connectivity index (χ1n) is 16.4. The second-order valence-corrected chi connectivity index (χ2v) is 15.1. The predicted molar refractivity (Wildman–Crippen MR) is 188 cm³/mol. The topological polar surface area (TPSA) is 133 Å². The highest BCUT2D eigenvalue weighted by molar-refractivity contribution is 9.10. The van der Waals surface area contributed by atoms with Gasteiger partial charge in [0.2, 0.25) is 11.8 Å². The van der Waals surface area contributed by atoms with Crippen LogP contribution in [0.1, 0.15) is 41.4 Å². The number of furan rings is 1. The average molecular weight is 830 g/mol. The number of carbonyl (C=O) groups is 4. The molecule has 4 aliphatic rings. The Morgan fingerprint density at radius 1 is 0.962 bits per heavy atom. The summed E-state index contributed by atoms with van der Waals surface area (Å²) in [7, 11) is 0. The van der Waals surface area contributed by atoms with Crippen molar-refractivity contribution in [2.45, 2.75) is 37.0 Å². The maximum atomic E-state index is 15.1. The van der Waals surface area contributed by atoms with Gasteiger partial charge >= 0.3 is 6.18 Å². The van der Waals surface area contributed by atoms with Crippen molar-refractivity contribution in [3.8, 4) is 0 Å². The van der Waals surface area contributed by atoms with Crippen LogP contribution in [0, 0.1) is 23.7 Å². The normalized spacial score (nSPS) is 26.8. The summed E-state index contributed by atoms with van der Waals surface area (Å²) in [5.74, 6) is -6.94. The number of aliphatic hydroxyl groups is 1. The van der Waals surface area contributed by atoms with E-state index in [1.54, 1.807) is 60.7 Å². The summed E-state index contributed by atoms with van der Waals surface area (Å²) in [4.78, 5) is 63.1. The molecule has 2 N–H and O–H groups in total. The zero-order valence-electron chi connectivity index (χ0n) is 27.1. The number of carbonyl (C=O) groups excluding carboxylic acids is 4. The fraction of sp³-hybridized carbons (Fsp3) is 0.270. The smallest absolute Gasteiger partial charge is 0.417 e. The third-order valence-electron chi connectivity index (χ3n) is 10.8. The van der Waals surface area contributed by atoms with Gasteiger partial charge < -0.3 is 9.52 Å². The molecular formula is C37H26BrCl2F3N4O6. The van der Waals surface area contributed by atoms with Crippen molar-refractivity contribution in [3.05, 3.63) is 122 Å². The van der Waals surface area contributed by atoms with Crippen LogP contribution in [0.4, 0.5) is 24.7 Å². The first kappa shape index (κ1) is 35.5. The Hall–Kier alpha value is -4.50. The second-order valence-electron chi connectivity index (χ2n) is 13.4. The third-order valence-corrected chi connectivity index (χ3v) is 11.8. The van der Waals surface area contributed by atoms with E-state index in [-0.39, 0.29) is 36.1 Å². The van der Waals surface area contributed by atoms with E-state index in [0.29, 0.717) is 39.1 Å². The molecule has 0 unspecified atom stereocenters. The lowest BCUT2D eigenvalue weighted by molar-refractivity contribution is -0.139. The zero-order chi connectivity index (χ0) is 37.6. The number of nitrogens with one attached hydrogen (secondary N) is 1. The highest BCUT2D eigenvalue weighted by Gasteiger charge is 2.71. The quantitative estimate of drug-likeness (QED) is 0.151. The van der Waals surface area contributed by atoms with Gasteiger partial charge in [-0.15, -0.1) is 0 Å². The SMILES string of the molecule is O=C1[C@@H]2C[C@@H]3C(=CC[C@@H]4C(=O)N(c5ccc(Br)cc5)C(=O)[C@@H]43)[C@H](c3ccc(CO)o3)[C@]2(c2ccc(Cl)cc2)C(=O)N1Nc1ncc(C(F)(F)F)cc1Cl. The van der Waals surface area contributed by atoms with Gasteiger partial charge in [-0.3, -0.25) is 29.5 Å². The Bertz CT molecular complexity index is 2230. The molecule has 3 fully saturated rings. The number of imide groups is 2. The highest BCUT2D eigenvalue weighted by atomic mass is 79.9. The molecule has 1 saturated carbocycles. The molecule has 4 heterocycles. The van der Waals surface area contributed by atoms with Crippen LogP contribution in [0.2, 0.25) is 10.0 Å². The number of allylic oxidation sites excluding steroid dienone is 2. The molecule has 2 aliphatic heterocycles. The summed E-state index contributed by atoms with van der Waals surface area (Å²) in [6.07, 6.45) is -2.27. The number of anilines is 2. The number of amides is 4. The Morgan fingerprint density at radius 2 is 1.68 bits per heavy atom. The van der Waals surface area contributed by atoms with E-state index < -0.39 is 76.1 Å². The molecular weight excluding hydrogens is 804 g/mol. The van der Waals surface area contributed by atoms with Gasteiger partial charge in [0.05, 0.1) is 39.9 Å². The Labute approximate surface area is 317 Å². The molecule has 0 spiro atoms. The molecule has 4 aromatic rings. The minimum atomic E-state index is -4.75. The van der Waals surface area contributed by atoms with Crippen molar-refractivity contribution in [1.29, 1.82) is 0 Å². The standard InChI is InChI=1S/C37H26BrCl2F3N4O6/c38-19-3-7-21(8-4-19)46-32(49)24-11-10-23-25(29(24)34(46)51)14-26-33(50)47(45-31-27(40)13-18(15-44-31)37(41,42)43)35(52)36(26,17-1-5-20(39)6-2-17)30(23)28-12-9-22(16-48)53-28/h1-10,12-13,15,24-26,29-30,48H,11,14,16H2,(H,44,45)/t24-,25+,26-,29-,30+,36+/m0/s1. The summed E-state index contributed by atoms with van der Waals surface area (Å²) in [6, 6.07) is 16.9. The average Bonchev–Trinajstić information content (AvgIpc) is 3.77. The van der Waals surface area contributed by atoms with Crippen molar-refractivity contribution < 1.29 is 41.9 Å². The lowest BCUT2D eigenvalue weighted by Crippen LogP contribution is -2.53. The number of aliphatic hydroxyl groups excluding tert-OH is 1. The largest absolute Gasteiger partial charge is 0.463 e. The Morgan fingerprint density at radius 3 is 2.32 bits per heavy atom. The van der Waals surface area contributed by atoms with E-state index in [0.717, 1.165) is 4.47 Å². The minimum Gasteiger partial charge on any atom is -0.463 e. The number of halogens is 6. The first-order chi connectivity index (χ1) is 25.2. The van der Waals surface area contributed by atoms with Crippen LogP contribution in [0.3, 0.4) is 0 Å². The molecule has 0 radical (unpaired) electrons. The van der Waals surface area contributed by atoms with Crippen LogP contribution in [0.15, 0.2) is 93.5 Å². The van der Waals surface area contributed by atoms with E-state index in [2.05, 4.69) is 26.3 Å². The van der Waals surface area contributed by atoms with Gasteiger partial charge in [-0.05, 0) is 78.9 Å². The van der Waals surface area contributed by atoms with Crippen molar-refractivity contribution in [2.75, 3.05) is 10.3 Å². The number of fused-ring (bicyclic) bond motifs is 4. The number of hydrazine groups is 1. The van der Waals surface area contributed by atoms with Gasteiger partial charge in [-0.25, -0.2) is 4.98 Å². The molecule has 53 heavy (non-hydrogen) atoms. The van der Waals surface area contributed by atoms with Gasteiger partial charge in [0.1, 0.15) is 23.5 Å². The fourth-order valence-corrected chi connectivity index (χ4v) is 9.17. The predicted octanol–water partition coefficient (Wildman–Crippen LogP) is 7.44. The van der Waals surface area contributed by atoms with Gasteiger partial charge in [0, 0.05) is 15.7 Å². The molecule has 4 amide bonds. The van der Waals surface area contributed by atoms with Crippen LogP contribution < -0.4 is 10.3 Å². The second kappa shape index (κ2) is 12.8. The summed E-state index contributed by atoms with van der Waals surface area (Å²) in [5, 5.41) is 10.5. The number of rotatable bonds is 6. The van der Waals surface area contributed by atoms with Crippen LogP contribution >= 0.6 is 39.1 Å². The number of alkyl halides is 3. The first-order valence-corrected chi connectivity index (χ1v) is 18.0. The maximum Gasteiger partial charge on any atom is 0.417 e. The summed E-state index contributed by atoms with van der Waals surface area (Å²) < 4.78 is 47.2. The van der Waals surface area contributed by atoms with E-state index in [4.69, 9.17) is 27.6 Å². The molecule has 2 saturated heterocycles. The monoisotopic (exact) mass is 828 g/mol. The van der Waals surface area contributed by atoms with E-state index in [1.807, 2.05) is 6.08 Å². The van der Waals surface area contributed by atoms with Gasteiger partial charge in [-0.2, -0.15) is 18.2 Å². The van der Waals surface area contributed by atoms with E-state index >= 15 is 4.79 Å². The number of pyridine rings is 1. The zero-order valence-corrected chi connectivity index (χ0v) is 30.2. The third kappa shape index (κ3) is 5.44. The Kier molecular flexibility index (Phi) is 8.59. The van der Waals surface area contributed by atoms with Crippen LogP contribution in [-0.2, 0) is 37.4 Å². The minimum absolute atomic E-state index is 0.0518. The summed E-state index contributed by atoms with van der Waals surface area (Å²) in [6.45, 7) is -0.467. The molecule has 2 aromatic carbocycles. The highest BCUT2D eigenvalue weighted by Crippen LogP contribution is 2.64. The molecule has 272 valence electrons. The van der Waals surface area contributed by atoms with Crippen LogP contribution in [-0.4, -0.2) is 38.7 Å². The lowest BCUT2D eigenvalue weighted by atomic mass is 9.50. The number of hydrogen-bond acceptors (Lipinski definition) is 8. The lowest BCUT2D eigenvalue weighted by Gasteiger charge is -2.49. The molecule has 2 aliphatic carbocycles. The van der Waals surface area contributed by atoms with Crippen molar-refractivity contribution in [2.24, 2.45) is 23.7 Å². The van der Waals surface area contributed by atoms with Gasteiger partial charge in [0.25, 0.3) is 11.8 Å². The maximum absolute atomic E-state index is 15.1. The fourth-order valence-electron chi connectivity index (χ4n) is 8.57.